The summed E-state index contributed by atoms with van der Waals surface area (Å²) in [6, 6.07) is 7.24. The van der Waals surface area contributed by atoms with Gasteiger partial charge in [0.15, 0.2) is 0 Å². The SMILES string of the molecule is Cc1cc(C(Cl)c2cc(F)ccc2C)c(Cl)cc1F. The van der Waals surface area contributed by atoms with Crippen LogP contribution in [-0.4, -0.2) is 0 Å². The summed E-state index contributed by atoms with van der Waals surface area (Å²) in [5.41, 5.74) is 2.53. The first-order valence-electron chi connectivity index (χ1n) is 5.76. The Morgan fingerprint density at radius 2 is 1.63 bits per heavy atom. The predicted octanol–water partition coefficient (Wildman–Crippen LogP) is 5.56. The third kappa shape index (κ3) is 2.90. The Kier molecular flexibility index (Phi) is 4.12. The first kappa shape index (κ1) is 14.3. The average molecular weight is 301 g/mol. The van der Waals surface area contributed by atoms with Crippen LogP contribution in [0.2, 0.25) is 5.02 Å². The molecule has 2 rings (SSSR count). The van der Waals surface area contributed by atoms with Crippen molar-refractivity contribution >= 4 is 23.2 Å². The quantitative estimate of drug-likeness (QED) is 0.637. The van der Waals surface area contributed by atoms with Crippen LogP contribution in [0.15, 0.2) is 30.3 Å². The molecule has 0 aromatic heterocycles. The second-order valence-electron chi connectivity index (χ2n) is 4.49. The van der Waals surface area contributed by atoms with E-state index in [9.17, 15) is 8.78 Å². The molecule has 0 aliphatic heterocycles. The number of rotatable bonds is 2. The number of aryl methyl sites for hydroxylation is 2. The van der Waals surface area contributed by atoms with Gasteiger partial charge < -0.3 is 0 Å². The minimum absolute atomic E-state index is 0.242. The van der Waals surface area contributed by atoms with Crippen LogP contribution in [-0.2, 0) is 0 Å². The van der Waals surface area contributed by atoms with E-state index in [1.807, 2.05) is 6.92 Å². The molecule has 1 atom stereocenters. The Labute approximate surface area is 121 Å². The molecule has 19 heavy (non-hydrogen) atoms. The molecule has 0 radical (unpaired) electrons. The summed E-state index contributed by atoms with van der Waals surface area (Å²) in [7, 11) is 0. The zero-order valence-electron chi connectivity index (χ0n) is 10.5. The van der Waals surface area contributed by atoms with E-state index in [2.05, 4.69) is 0 Å². The number of hydrogen-bond acceptors (Lipinski definition) is 0. The second-order valence-corrected chi connectivity index (χ2v) is 5.33. The molecule has 0 fully saturated rings. The molecule has 100 valence electrons. The minimum atomic E-state index is -0.609. The van der Waals surface area contributed by atoms with E-state index in [1.54, 1.807) is 19.1 Å². The summed E-state index contributed by atoms with van der Waals surface area (Å²) in [5, 5.41) is -0.366. The molecule has 0 saturated heterocycles. The van der Waals surface area contributed by atoms with Gasteiger partial charge in [0.1, 0.15) is 11.6 Å². The van der Waals surface area contributed by atoms with Gasteiger partial charge in [0.05, 0.1) is 5.38 Å². The third-order valence-electron chi connectivity index (χ3n) is 3.07. The van der Waals surface area contributed by atoms with Crippen LogP contribution in [0.5, 0.6) is 0 Å². The van der Waals surface area contributed by atoms with Crippen LogP contribution in [0.25, 0.3) is 0 Å². The van der Waals surface area contributed by atoms with E-state index in [0.29, 0.717) is 16.7 Å². The van der Waals surface area contributed by atoms with Gasteiger partial charge in [0.25, 0.3) is 0 Å². The number of hydrogen-bond donors (Lipinski definition) is 0. The molecule has 0 aliphatic rings. The summed E-state index contributed by atoms with van der Waals surface area (Å²) in [5.74, 6) is -0.741. The predicted molar refractivity (Wildman–Crippen MR) is 75.0 cm³/mol. The van der Waals surface area contributed by atoms with E-state index in [0.717, 1.165) is 5.56 Å². The Morgan fingerprint density at radius 1 is 0.947 bits per heavy atom. The summed E-state index contributed by atoms with van der Waals surface area (Å²) in [4.78, 5) is 0. The maximum Gasteiger partial charge on any atom is 0.127 e. The minimum Gasteiger partial charge on any atom is -0.207 e. The molecular weight excluding hydrogens is 289 g/mol. The van der Waals surface area contributed by atoms with Gasteiger partial charge in [0, 0.05) is 5.02 Å². The van der Waals surface area contributed by atoms with E-state index < -0.39 is 5.38 Å². The van der Waals surface area contributed by atoms with Crippen LogP contribution in [0, 0.1) is 25.5 Å². The van der Waals surface area contributed by atoms with Crippen molar-refractivity contribution in [3.8, 4) is 0 Å². The zero-order valence-corrected chi connectivity index (χ0v) is 12.0. The molecule has 4 heteroatoms. The molecular formula is C15H12Cl2F2. The molecule has 0 spiro atoms. The monoisotopic (exact) mass is 300 g/mol. The molecule has 0 nitrogen and oxygen atoms in total. The van der Waals surface area contributed by atoms with Crippen molar-refractivity contribution in [2.75, 3.05) is 0 Å². The fraction of sp³-hybridized carbons (Fsp3) is 0.200. The fourth-order valence-corrected chi connectivity index (χ4v) is 2.66. The van der Waals surface area contributed by atoms with Crippen molar-refractivity contribution in [3.63, 3.8) is 0 Å². The van der Waals surface area contributed by atoms with E-state index in [-0.39, 0.29) is 16.7 Å². The summed E-state index contributed by atoms with van der Waals surface area (Å²) >= 11 is 12.4. The molecule has 0 heterocycles. The van der Waals surface area contributed by atoms with Crippen LogP contribution < -0.4 is 0 Å². The fourth-order valence-electron chi connectivity index (χ4n) is 1.93. The third-order valence-corrected chi connectivity index (χ3v) is 3.86. The zero-order chi connectivity index (χ0) is 14.2. The summed E-state index contributed by atoms with van der Waals surface area (Å²) < 4.78 is 26.7. The average Bonchev–Trinajstić information content (AvgIpc) is 2.36. The number of alkyl halides is 1. The lowest BCUT2D eigenvalue weighted by atomic mass is 9.98. The van der Waals surface area contributed by atoms with Crippen molar-refractivity contribution in [3.05, 3.63) is 69.2 Å². The highest BCUT2D eigenvalue weighted by molar-refractivity contribution is 6.33. The Hall–Kier alpha value is -1.12. The van der Waals surface area contributed by atoms with Crippen LogP contribution in [0.3, 0.4) is 0 Å². The summed E-state index contributed by atoms with van der Waals surface area (Å²) in [6.45, 7) is 3.48. The smallest absolute Gasteiger partial charge is 0.127 e. The molecule has 0 bridgehead atoms. The number of halogens is 4. The normalized spacial score (nSPS) is 12.5. The molecule has 1 unspecified atom stereocenters. The molecule has 0 N–H and O–H groups in total. The molecule has 2 aromatic carbocycles. The molecule has 2 aromatic rings. The maximum atomic E-state index is 13.4. The van der Waals surface area contributed by atoms with Gasteiger partial charge in [-0.2, -0.15) is 0 Å². The highest BCUT2D eigenvalue weighted by Crippen LogP contribution is 2.36. The van der Waals surface area contributed by atoms with Crippen molar-refractivity contribution in [1.82, 2.24) is 0 Å². The Balaban J connectivity index is 2.52. The van der Waals surface area contributed by atoms with Gasteiger partial charge in [-0.05, 0) is 60.4 Å². The van der Waals surface area contributed by atoms with Gasteiger partial charge in [-0.3, -0.25) is 0 Å². The van der Waals surface area contributed by atoms with E-state index in [4.69, 9.17) is 23.2 Å². The molecule has 0 aliphatic carbocycles. The van der Waals surface area contributed by atoms with Crippen molar-refractivity contribution in [2.24, 2.45) is 0 Å². The maximum absolute atomic E-state index is 13.4. The van der Waals surface area contributed by atoms with Crippen LogP contribution in [0.4, 0.5) is 8.78 Å². The Morgan fingerprint density at radius 3 is 2.32 bits per heavy atom. The standard InChI is InChI=1S/C15H12Cl2F2/c1-8-3-4-10(18)6-11(8)15(17)12-5-9(2)14(19)7-13(12)16/h3-7,15H,1-2H3. The first-order chi connectivity index (χ1) is 8.90. The van der Waals surface area contributed by atoms with Gasteiger partial charge in [-0.1, -0.05) is 17.7 Å². The summed E-state index contributed by atoms with van der Waals surface area (Å²) in [6.07, 6.45) is 0. The topological polar surface area (TPSA) is 0 Å². The lowest BCUT2D eigenvalue weighted by molar-refractivity contribution is 0.617. The van der Waals surface area contributed by atoms with Crippen LogP contribution >= 0.6 is 23.2 Å². The Bertz CT molecular complexity index is 624. The molecule has 0 amide bonds. The number of benzene rings is 2. The van der Waals surface area contributed by atoms with Crippen molar-refractivity contribution in [2.45, 2.75) is 19.2 Å². The van der Waals surface area contributed by atoms with E-state index in [1.165, 1.54) is 18.2 Å². The second kappa shape index (κ2) is 5.48. The molecule has 0 saturated carbocycles. The highest BCUT2D eigenvalue weighted by atomic mass is 35.5. The first-order valence-corrected chi connectivity index (χ1v) is 6.57. The van der Waals surface area contributed by atoms with Gasteiger partial charge >= 0.3 is 0 Å². The van der Waals surface area contributed by atoms with Crippen LogP contribution in [0.1, 0.15) is 27.6 Å². The van der Waals surface area contributed by atoms with E-state index >= 15 is 0 Å². The van der Waals surface area contributed by atoms with Gasteiger partial charge in [-0.25, -0.2) is 8.78 Å². The lowest BCUT2D eigenvalue weighted by Gasteiger charge is -2.16. The largest absolute Gasteiger partial charge is 0.207 e. The van der Waals surface area contributed by atoms with Gasteiger partial charge in [-0.15, -0.1) is 11.6 Å². The highest BCUT2D eigenvalue weighted by Gasteiger charge is 2.18. The van der Waals surface area contributed by atoms with Crippen molar-refractivity contribution < 1.29 is 8.78 Å². The van der Waals surface area contributed by atoms with Crippen molar-refractivity contribution in [1.29, 1.82) is 0 Å². The lowest BCUT2D eigenvalue weighted by Crippen LogP contribution is -2.00. The van der Waals surface area contributed by atoms with Gasteiger partial charge in [0.2, 0.25) is 0 Å².